The van der Waals surface area contributed by atoms with Crippen LogP contribution in [0.15, 0.2) is 0 Å². The van der Waals surface area contributed by atoms with Crippen molar-refractivity contribution >= 4 is 6.03 Å². The van der Waals surface area contributed by atoms with Gasteiger partial charge in [-0.25, -0.2) is 4.79 Å². The smallest absolute Gasteiger partial charge is 0.318 e. The highest BCUT2D eigenvalue weighted by Gasteiger charge is 2.24. The number of nitrogens with zero attached hydrogens (tertiary/aromatic N) is 1. The van der Waals surface area contributed by atoms with E-state index >= 15 is 0 Å². The highest BCUT2D eigenvalue weighted by atomic mass is 16.2. The molecule has 0 aliphatic heterocycles. The van der Waals surface area contributed by atoms with Crippen molar-refractivity contribution in [1.29, 1.82) is 0 Å². The van der Waals surface area contributed by atoms with E-state index in [0.29, 0.717) is 19.3 Å². The lowest BCUT2D eigenvalue weighted by Crippen LogP contribution is -2.50. The van der Waals surface area contributed by atoms with E-state index in [4.69, 9.17) is 0 Å². The van der Waals surface area contributed by atoms with Crippen molar-refractivity contribution in [3.63, 3.8) is 0 Å². The third-order valence-electron chi connectivity index (χ3n) is 2.93. The molecule has 0 atom stereocenters. The van der Waals surface area contributed by atoms with Crippen LogP contribution in [0.25, 0.3) is 0 Å². The second-order valence-electron chi connectivity index (χ2n) is 4.11. The van der Waals surface area contributed by atoms with Crippen LogP contribution in [0.2, 0.25) is 0 Å². The molecule has 0 heterocycles. The van der Waals surface area contributed by atoms with Crippen molar-refractivity contribution in [1.82, 2.24) is 15.5 Å². The van der Waals surface area contributed by atoms with E-state index in [1.807, 2.05) is 18.9 Å². The lowest BCUT2D eigenvalue weighted by molar-refractivity contribution is 0.151. The molecule has 1 rings (SSSR count). The lowest BCUT2D eigenvalue weighted by atomic mass is 9.94. The van der Waals surface area contributed by atoms with Crippen molar-refractivity contribution in [2.45, 2.75) is 45.1 Å². The number of carbonyl (C=O) groups excluding carboxylic acids is 1. The maximum Gasteiger partial charge on any atom is 0.318 e. The molecule has 4 nitrogen and oxygen atoms in total. The Bertz CT molecular complexity index is 190. The Labute approximate surface area is 92.4 Å². The Morgan fingerprint density at radius 3 is 2.53 bits per heavy atom. The van der Waals surface area contributed by atoms with Gasteiger partial charge in [-0.2, -0.15) is 0 Å². The zero-order valence-corrected chi connectivity index (χ0v) is 9.88. The van der Waals surface area contributed by atoms with Gasteiger partial charge in [0.2, 0.25) is 0 Å². The average molecular weight is 213 g/mol. The normalized spacial score (nSPS) is 17.5. The van der Waals surface area contributed by atoms with Gasteiger partial charge in [-0.3, -0.25) is 0 Å². The molecule has 1 fully saturated rings. The van der Waals surface area contributed by atoms with Gasteiger partial charge in [0, 0.05) is 12.6 Å². The summed E-state index contributed by atoms with van der Waals surface area (Å²) >= 11 is 0. The summed E-state index contributed by atoms with van der Waals surface area (Å²) < 4.78 is 0. The number of amides is 2. The zero-order valence-electron chi connectivity index (χ0n) is 9.88. The van der Waals surface area contributed by atoms with E-state index in [1.54, 1.807) is 0 Å². The van der Waals surface area contributed by atoms with Crippen molar-refractivity contribution in [3.05, 3.63) is 0 Å². The van der Waals surface area contributed by atoms with Crippen LogP contribution in [0, 0.1) is 0 Å². The molecule has 1 saturated carbocycles. The molecule has 2 N–H and O–H groups in total. The molecule has 88 valence electrons. The number of hydrogen-bond acceptors (Lipinski definition) is 2. The average Bonchev–Trinajstić information content (AvgIpc) is 2.27. The van der Waals surface area contributed by atoms with Crippen molar-refractivity contribution in [2.75, 3.05) is 20.3 Å². The summed E-state index contributed by atoms with van der Waals surface area (Å²) in [7, 11) is 1.88. The first-order chi connectivity index (χ1) is 7.29. The van der Waals surface area contributed by atoms with E-state index in [2.05, 4.69) is 10.6 Å². The number of rotatable bonds is 4. The SMILES string of the molecule is CCNC(=O)N(CNC)C1CCCCC1. The van der Waals surface area contributed by atoms with Gasteiger partial charge in [0.05, 0.1) is 6.67 Å². The standard InChI is InChI=1S/C11H23N3O/c1-3-13-11(15)14(9-12-2)10-7-5-4-6-8-10/h10,12H,3-9H2,1-2H3,(H,13,15). The van der Waals surface area contributed by atoms with Crippen LogP contribution in [0.3, 0.4) is 0 Å². The predicted octanol–water partition coefficient (Wildman–Crippen LogP) is 1.53. The Morgan fingerprint density at radius 2 is 2.00 bits per heavy atom. The molecule has 0 unspecified atom stereocenters. The van der Waals surface area contributed by atoms with Crippen LogP contribution in [0.4, 0.5) is 4.79 Å². The van der Waals surface area contributed by atoms with E-state index in [9.17, 15) is 4.79 Å². The van der Waals surface area contributed by atoms with Gasteiger partial charge in [-0.15, -0.1) is 0 Å². The first-order valence-electron chi connectivity index (χ1n) is 5.98. The summed E-state index contributed by atoms with van der Waals surface area (Å²) in [5.74, 6) is 0. The fraction of sp³-hybridized carbons (Fsp3) is 0.909. The number of carbonyl (C=O) groups is 1. The summed E-state index contributed by atoms with van der Waals surface area (Å²) in [6.07, 6.45) is 6.13. The van der Waals surface area contributed by atoms with Gasteiger partial charge in [-0.05, 0) is 26.8 Å². The highest BCUT2D eigenvalue weighted by molar-refractivity contribution is 5.74. The lowest BCUT2D eigenvalue weighted by Gasteiger charge is -2.34. The van der Waals surface area contributed by atoms with Crippen molar-refractivity contribution < 1.29 is 4.79 Å². The van der Waals surface area contributed by atoms with Gasteiger partial charge in [-0.1, -0.05) is 19.3 Å². The summed E-state index contributed by atoms with van der Waals surface area (Å²) in [5, 5.41) is 5.94. The van der Waals surface area contributed by atoms with E-state index in [1.165, 1.54) is 19.3 Å². The fourth-order valence-electron chi connectivity index (χ4n) is 2.18. The molecule has 2 amide bonds. The first kappa shape index (κ1) is 12.3. The minimum Gasteiger partial charge on any atom is -0.338 e. The molecular formula is C11H23N3O. The molecule has 0 aromatic heterocycles. The van der Waals surface area contributed by atoms with Crippen LogP contribution < -0.4 is 10.6 Å². The first-order valence-corrected chi connectivity index (χ1v) is 5.98. The van der Waals surface area contributed by atoms with Crippen LogP contribution in [-0.2, 0) is 0 Å². The largest absolute Gasteiger partial charge is 0.338 e. The molecule has 0 aromatic rings. The third-order valence-corrected chi connectivity index (χ3v) is 2.93. The van der Waals surface area contributed by atoms with Gasteiger partial charge >= 0.3 is 6.03 Å². The minimum atomic E-state index is 0.0683. The van der Waals surface area contributed by atoms with E-state index in [-0.39, 0.29) is 6.03 Å². The fourth-order valence-corrected chi connectivity index (χ4v) is 2.18. The van der Waals surface area contributed by atoms with Crippen LogP contribution in [-0.4, -0.2) is 37.2 Å². The second-order valence-corrected chi connectivity index (χ2v) is 4.11. The van der Waals surface area contributed by atoms with E-state index in [0.717, 1.165) is 12.8 Å². The number of hydrogen-bond donors (Lipinski definition) is 2. The third kappa shape index (κ3) is 3.70. The topological polar surface area (TPSA) is 44.4 Å². The molecule has 0 bridgehead atoms. The molecule has 1 aliphatic rings. The predicted molar refractivity (Wildman–Crippen MR) is 61.7 cm³/mol. The number of urea groups is 1. The second kappa shape index (κ2) is 6.67. The molecule has 0 aromatic carbocycles. The zero-order chi connectivity index (χ0) is 11.1. The monoisotopic (exact) mass is 213 g/mol. The van der Waals surface area contributed by atoms with Gasteiger partial charge in [0.25, 0.3) is 0 Å². The Morgan fingerprint density at radius 1 is 1.33 bits per heavy atom. The maximum absolute atomic E-state index is 11.8. The quantitative estimate of drug-likeness (QED) is 0.696. The van der Waals surface area contributed by atoms with Gasteiger partial charge in [0.1, 0.15) is 0 Å². The van der Waals surface area contributed by atoms with Crippen molar-refractivity contribution in [2.24, 2.45) is 0 Å². The molecular weight excluding hydrogens is 190 g/mol. The Balaban J connectivity index is 2.50. The molecule has 15 heavy (non-hydrogen) atoms. The van der Waals surface area contributed by atoms with Crippen LogP contribution in [0.1, 0.15) is 39.0 Å². The molecule has 0 radical (unpaired) electrons. The van der Waals surface area contributed by atoms with E-state index < -0.39 is 0 Å². The Kier molecular flexibility index (Phi) is 5.47. The van der Waals surface area contributed by atoms with Crippen LogP contribution in [0.5, 0.6) is 0 Å². The molecule has 0 saturated heterocycles. The Hall–Kier alpha value is -0.770. The maximum atomic E-state index is 11.8. The molecule has 4 heteroatoms. The summed E-state index contributed by atoms with van der Waals surface area (Å²) in [4.78, 5) is 13.7. The summed E-state index contributed by atoms with van der Waals surface area (Å²) in [6.45, 7) is 3.30. The van der Waals surface area contributed by atoms with Crippen LogP contribution >= 0.6 is 0 Å². The summed E-state index contributed by atoms with van der Waals surface area (Å²) in [6, 6.07) is 0.497. The van der Waals surface area contributed by atoms with Gasteiger partial charge in [0.15, 0.2) is 0 Å². The molecule has 1 aliphatic carbocycles. The van der Waals surface area contributed by atoms with Gasteiger partial charge < -0.3 is 15.5 Å². The minimum absolute atomic E-state index is 0.0683. The highest BCUT2D eigenvalue weighted by Crippen LogP contribution is 2.22. The number of nitrogens with one attached hydrogen (secondary N) is 2. The molecule has 0 spiro atoms. The summed E-state index contributed by atoms with van der Waals surface area (Å²) in [5.41, 5.74) is 0. The van der Waals surface area contributed by atoms with Crippen molar-refractivity contribution in [3.8, 4) is 0 Å².